The van der Waals surface area contributed by atoms with Crippen LogP contribution >= 0.6 is 23.2 Å². The highest BCUT2D eigenvalue weighted by atomic mass is 35.5. The molecule has 1 unspecified atom stereocenters. The molecule has 0 spiro atoms. The molecule has 1 aromatic carbocycles. The van der Waals surface area contributed by atoms with Crippen molar-refractivity contribution in [1.82, 2.24) is 5.32 Å². The molecule has 0 fully saturated rings. The van der Waals surface area contributed by atoms with Gasteiger partial charge in [-0.2, -0.15) is 0 Å². The molecule has 0 radical (unpaired) electrons. The smallest absolute Gasteiger partial charge is 0.198 e. The van der Waals surface area contributed by atoms with Gasteiger partial charge in [-0.05, 0) is 48.3 Å². The molecule has 5 heteroatoms. The Labute approximate surface area is 128 Å². The molecule has 0 saturated carbocycles. The van der Waals surface area contributed by atoms with E-state index in [1.807, 2.05) is 24.3 Å². The Morgan fingerprint density at radius 3 is 2.70 bits per heavy atom. The van der Waals surface area contributed by atoms with Gasteiger partial charge in [0.15, 0.2) is 5.22 Å². The molecule has 0 aliphatic rings. The predicted octanol–water partition coefficient (Wildman–Crippen LogP) is 4.68. The first-order chi connectivity index (χ1) is 9.67. The van der Waals surface area contributed by atoms with Crippen molar-refractivity contribution < 1.29 is 9.15 Å². The zero-order chi connectivity index (χ0) is 14.5. The molecule has 2 rings (SSSR count). The van der Waals surface area contributed by atoms with Crippen LogP contribution in [0.3, 0.4) is 0 Å². The van der Waals surface area contributed by atoms with Gasteiger partial charge in [0.05, 0.1) is 24.4 Å². The van der Waals surface area contributed by atoms with E-state index in [4.69, 9.17) is 32.4 Å². The second-order valence-corrected chi connectivity index (χ2v) is 5.18. The van der Waals surface area contributed by atoms with Crippen molar-refractivity contribution in [3.05, 3.63) is 51.9 Å². The van der Waals surface area contributed by atoms with Crippen molar-refractivity contribution in [3.63, 3.8) is 0 Å². The number of methoxy groups -OCH3 is 1. The average molecular weight is 314 g/mol. The molecular weight excluding hydrogens is 297 g/mol. The summed E-state index contributed by atoms with van der Waals surface area (Å²) in [6.07, 6.45) is 2.61. The fraction of sp³-hybridized carbons (Fsp3) is 0.333. The molecule has 3 nitrogen and oxygen atoms in total. The molecule has 2 aromatic rings. The van der Waals surface area contributed by atoms with E-state index >= 15 is 0 Å². The van der Waals surface area contributed by atoms with Crippen LogP contribution < -0.4 is 10.1 Å². The van der Waals surface area contributed by atoms with E-state index in [0.29, 0.717) is 16.0 Å². The van der Waals surface area contributed by atoms with E-state index in [2.05, 4.69) is 12.2 Å². The Kier molecular flexibility index (Phi) is 5.35. The Bertz CT molecular complexity index is 569. The van der Waals surface area contributed by atoms with Gasteiger partial charge in [-0.25, -0.2) is 0 Å². The molecule has 0 aliphatic carbocycles. The van der Waals surface area contributed by atoms with E-state index in [9.17, 15) is 0 Å². The lowest BCUT2D eigenvalue weighted by atomic mass is 10.0. The summed E-state index contributed by atoms with van der Waals surface area (Å²) in [4.78, 5) is 0. The van der Waals surface area contributed by atoms with Gasteiger partial charge < -0.3 is 14.5 Å². The standard InChI is InChI=1S/C15H17Cl2NO2/c1-3-7-18-14(11-6-8-20-15(11)17)10-4-5-12(16)13(9-10)19-2/h4-6,8-9,14,18H,3,7H2,1-2H3. The van der Waals surface area contributed by atoms with Gasteiger partial charge in [-0.15, -0.1) is 0 Å². The van der Waals surface area contributed by atoms with Crippen molar-refractivity contribution in [3.8, 4) is 5.75 Å². The first kappa shape index (κ1) is 15.2. The van der Waals surface area contributed by atoms with Crippen LogP contribution in [-0.4, -0.2) is 13.7 Å². The minimum absolute atomic E-state index is 0.0487. The van der Waals surface area contributed by atoms with E-state index in [1.165, 1.54) is 0 Å². The van der Waals surface area contributed by atoms with Gasteiger partial charge in [0.25, 0.3) is 0 Å². The number of nitrogens with one attached hydrogen (secondary N) is 1. The molecule has 1 heterocycles. The lowest BCUT2D eigenvalue weighted by Crippen LogP contribution is -2.23. The van der Waals surface area contributed by atoms with Crippen LogP contribution in [0.2, 0.25) is 10.2 Å². The van der Waals surface area contributed by atoms with E-state index in [1.54, 1.807) is 13.4 Å². The second kappa shape index (κ2) is 7.02. The maximum atomic E-state index is 6.10. The third-order valence-electron chi connectivity index (χ3n) is 3.06. The van der Waals surface area contributed by atoms with E-state index < -0.39 is 0 Å². The number of rotatable bonds is 6. The molecule has 108 valence electrons. The van der Waals surface area contributed by atoms with Gasteiger partial charge in [-0.1, -0.05) is 24.6 Å². The lowest BCUT2D eigenvalue weighted by Gasteiger charge is -2.19. The van der Waals surface area contributed by atoms with Crippen LogP contribution in [0.1, 0.15) is 30.5 Å². The van der Waals surface area contributed by atoms with Gasteiger partial charge in [0, 0.05) is 5.56 Å². The minimum atomic E-state index is -0.0487. The number of ether oxygens (including phenoxy) is 1. The molecule has 0 aliphatic heterocycles. The van der Waals surface area contributed by atoms with Gasteiger partial charge in [0.1, 0.15) is 5.75 Å². The van der Waals surface area contributed by atoms with Crippen molar-refractivity contribution in [2.24, 2.45) is 0 Å². The van der Waals surface area contributed by atoms with E-state index in [-0.39, 0.29) is 6.04 Å². The van der Waals surface area contributed by atoms with Crippen LogP contribution in [0.15, 0.2) is 34.9 Å². The topological polar surface area (TPSA) is 34.4 Å². The molecule has 20 heavy (non-hydrogen) atoms. The monoisotopic (exact) mass is 313 g/mol. The van der Waals surface area contributed by atoms with Crippen LogP contribution in [0.5, 0.6) is 5.75 Å². The van der Waals surface area contributed by atoms with Crippen LogP contribution in [0.4, 0.5) is 0 Å². The summed E-state index contributed by atoms with van der Waals surface area (Å²) in [5.41, 5.74) is 1.94. The van der Waals surface area contributed by atoms with Crippen molar-refractivity contribution in [2.45, 2.75) is 19.4 Å². The summed E-state index contributed by atoms with van der Waals surface area (Å²) in [6.45, 7) is 2.99. The summed E-state index contributed by atoms with van der Waals surface area (Å²) >= 11 is 12.2. The van der Waals surface area contributed by atoms with Crippen molar-refractivity contribution in [1.29, 1.82) is 0 Å². The van der Waals surface area contributed by atoms with Crippen molar-refractivity contribution in [2.75, 3.05) is 13.7 Å². The summed E-state index contributed by atoms with van der Waals surface area (Å²) in [7, 11) is 1.60. The third-order valence-corrected chi connectivity index (χ3v) is 3.68. The highest BCUT2D eigenvalue weighted by Crippen LogP contribution is 2.33. The summed E-state index contributed by atoms with van der Waals surface area (Å²) in [6, 6.07) is 7.52. The molecule has 0 bridgehead atoms. The predicted molar refractivity (Wildman–Crippen MR) is 81.9 cm³/mol. The molecule has 1 atom stereocenters. The molecular formula is C15H17Cl2NO2. The van der Waals surface area contributed by atoms with Crippen LogP contribution in [0.25, 0.3) is 0 Å². The Morgan fingerprint density at radius 2 is 2.10 bits per heavy atom. The molecule has 0 amide bonds. The number of furan rings is 1. The lowest BCUT2D eigenvalue weighted by molar-refractivity contribution is 0.413. The third kappa shape index (κ3) is 3.29. The van der Waals surface area contributed by atoms with Crippen LogP contribution in [0, 0.1) is 0 Å². The maximum absolute atomic E-state index is 6.10. The first-order valence-electron chi connectivity index (χ1n) is 6.47. The largest absolute Gasteiger partial charge is 0.495 e. The van der Waals surface area contributed by atoms with Crippen molar-refractivity contribution >= 4 is 23.2 Å². The van der Waals surface area contributed by atoms with Crippen LogP contribution in [-0.2, 0) is 0 Å². The van der Waals surface area contributed by atoms with Gasteiger partial charge in [0.2, 0.25) is 0 Å². The van der Waals surface area contributed by atoms with Gasteiger partial charge >= 0.3 is 0 Å². The quantitative estimate of drug-likeness (QED) is 0.840. The zero-order valence-electron chi connectivity index (χ0n) is 11.5. The average Bonchev–Trinajstić information content (AvgIpc) is 2.87. The maximum Gasteiger partial charge on any atom is 0.198 e. The normalized spacial score (nSPS) is 12.4. The number of hydrogen-bond acceptors (Lipinski definition) is 3. The summed E-state index contributed by atoms with van der Waals surface area (Å²) in [5.74, 6) is 0.645. The highest BCUT2D eigenvalue weighted by Gasteiger charge is 2.19. The zero-order valence-corrected chi connectivity index (χ0v) is 13.0. The molecule has 0 saturated heterocycles. The minimum Gasteiger partial charge on any atom is -0.495 e. The first-order valence-corrected chi connectivity index (χ1v) is 7.22. The Hall–Kier alpha value is -1.16. The summed E-state index contributed by atoms with van der Waals surface area (Å²) in [5, 5.41) is 4.44. The Balaban J connectivity index is 2.38. The fourth-order valence-electron chi connectivity index (χ4n) is 2.06. The second-order valence-electron chi connectivity index (χ2n) is 4.43. The number of benzene rings is 1. The summed E-state index contributed by atoms with van der Waals surface area (Å²) < 4.78 is 10.5. The fourth-order valence-corrected chi connectivity index (χ4v) is 2.48. The SMILES string of the molecule is CCCNC(c1ccc(Cl)c(OC)c1)c1ccoc1Cl. The van der Waals surface area contributed by atoms with Gasteiger partial charge in [-0.3, -0.25) is 0 Å². The molecule has 1 N–H and O–H groups in total. The van der Waals surface area contributed by atoms with E-state index in [0.717, 1.165) is 24.1 Å². The Morgan fingerprint density at radius 1 is 1.30 bits per heavy atom. The highest BCUT2D eigenvalue weighted by molar-refractivity contribution is 6.32. The molecule has 1 aromatic heterocycles. The number of hydrogen-bond donors (Lipinski definition) is 1. The number of halogens is 2.